The van der Waals surface area contributed by atoms with Crippen molar-refractivity contribution in [1.82, 2.24) is 15.0 Å². The molecule has 0 atom stereocenters. The second-order valence-corrected chi connectivity index (χ2v) is 5.24. The smallest absolute Gasteiger partial charge is 0.231 e. The van der Waals surface area contributed by atoms with Crippen LogP contribution in [0, 0.1) is 5.92 Å². The van der Waals surface area contributed by atoms with E-state index in [4.69, 9.17) is 0 Å². The van der Waals surface area contributed by atoms with Crippen LogP contribution in [0.1, 0.15) is 26.2 Å². The molecular weight excluding hydrogens is 240 g/mol. The van der Waals surface area contributed by atoms with E-state index in [0.29, 0.717) is 11.9 Å². The molecule has 0 unspecified atom stereocenters. The molecule has 19 heavy (non-hydrogen) atoms. The number of rotatable bonds is 4. The van der Waals surface area contributed by atoms with Crippen molar-refractivity contribution in [2.24, 2.45) is 5.92 Å². The van der Waals surface area contributed by atoms with E-state index in [2.05, 4.69) is 32.1 Å². The van der Waals surface area contributed by atoms with E-state index < -0.39 is 0 Å². The van der Waals surface area contributed by atoms with Gasteiger partial charge in [-0.25, -0.2) is 0 Å². The molecule has 1 aliphatic rings. The number of aromatic nitrogens is 3. The molecule has 1 N–H and O–H groups in total. The van der Waals surface area contributed by atoms with Gasteiger partial charge in [0.1, 0.15) is 0 Å². The maximum Gasteiger partial charge on any atom is 0.231 e. The second-order valence-electron chi connectivity index (χ2n) is 5.24. The quantitative estimate of drug-likeness (QED) is 0.891. The first-order valence-corrected chi connectivity index (χ1v) is 7.00. The first-order valence-electron chi connectivity index (χ1n) is 7.00. The van der Waals surface area contributed by atoms with Crippen molar-refractivity contribution >= 4 is 17.8 Å². The summed E-state index contributed by atoms with van der Waals surface area (Å²) in [5.74, 6) is 2.98. The van der Waals surface area contributed by atoms with Gasteiger partial charge in [-0.1, -0.05) is 13.3 Å². The summed E-state index contributed by atoms with van der Waals surface area (Å²) in [6, 6.07) is 0. The SMILES string of the molecule is CCC1CCN(c2nc(NC)nc(N(C)C)n2)CC1. The Morgan fingerprint density at radius 2 is 1.89 bits per heavy atom. The minimum Gasteiger partial charge on any atom is -0.357 e. The molecule has 0 bridgehead atoms. The van der Waals surface area contributed by atoms with Crippen molar-refractivity contribution in [3.63, 3.8) is 0 Å². The molecule has 2 rings (SSSR count). The van der Waals surface area contributed by atoms with E-state index in [1.807, 2.05) is 26.0 Å². The fourth-order valence-electron chi connectivity index (χ4n) is 2.35. The van der Waals surface area contributed by atoms with Crippen LogP contribution in [-0.4, -0.2) is 49.2 Å². The Morgan fingerprint density at radius 3 is 2.42 bits per heavy atom. The Hall–Kier alpha value is -1.59. The molecule has 0 aliphatic carbocycles. The molecule has 0 aromatic carbocycles. The molecule has 0 amide bonds. The van der Waals surface area contributed by atoms with Gasteiger partial charge in [0.25, 0.3) is 0 Å². The van der Waals surface area contributed by atoms with Crippen molar-refractivity contribution in [3.05, 3.63) is 0 Å². The lowest BCUT2D eigenvalue weighted by Gasteiger charge is -2.31. The van der Waals surface area contributed by atoms with Gasteiger partial charge in [-0.05, 0) is 18.8 Å². The van der Waals surface area contributed by atoms with E-state index in [-0.39, 0.29) is 0 Å². The van der Waals surface area contributed by atoms with E-state index in [9.17, 15) is 0 Å². The molecular formula is C13H24N6. The zero-order valence-electron chi connectivity index (χ0n) is 12.3. The molecule has 1 saturated heterocycles. The molecule has 6 nitrogen and oxygen atoms in total. The van der Waals surface area contributed by atoms with Crippen LogP contribution in [0.15, 0.2) is 0 Å². The van der Waals surface area contributed by atoms with Gasteiger partial charge in [-0.15, -0.1) is 0 Å². The van der Waals surface area contributed by atoms with E-state index >= 15 is 0 Å². The Morgan fingerprint density at radius 1 is 1.21 bits per heavy atom. The summed E-state index contributed by atoms with van der Waals surface area (Å²) < 4.78 is 0. The average molecular weight is 264 g/mol. The largest absolute Gasteiger partial charge is 0.357 e. The van der Waals surface area contributed by atoms with Crippen LogP contribution in [0.5, 0.6) is 0 Å². The Kier molecular flexibility index (Phi) is 4.39. The number of nitrogens with zero attached hydrogens (tertiary/aromatic N) is 5. The fourth-order valence-corrected chi connectivity index (χ4v) is 2.35. The summed E-state index contributed by atoms with van der Waals surface area (Å²) in [6.07, 6.45) is 3.73. The summed E-state index contributed by atoms with van der Waals surface area (Å²) >= 11 is 0. The van der Waals surface area contributed by atoms with Crippen molar-refractivity contribution in [2.45, 2.75) is 26.2 Å². The highest BCUT2D eigenvalue weighted by Gasteiger charge is 2.21. The van der Waals surface area contributed by atoms with Gasteiger partial charge >= 0.3 is 0 Å². The summed E-state index contributed by atoms with van der Waals surface area (Å²) in [7, 11) is 5.73. The van der Waals surface area contributed by atoms with Crippen molar-refractivity contribution < 1.29 is 0 Å². The summed E-state index contributed by atoms with van der Waals surface area (Å²) in [6.45, 7) is 4.35. The van der Waals surface area contributed by atoms with Crippen LogP contribution in [0.2, 0.25) is 0 Å². The standard InChI is InChI=1S/C13H24N6/c1-5-10-6-8-19(9-7-10)13-16-11(14-2)15-12(17-13)18(3)4/h10H,5-9H2,1-4H3,(H,14,15,16,17). The molecule has 0 saturated carbocycles. The van der Waals surface area contributed by atoms with E-state index in [0.717, 1.165) is 25.0 Å². The third-order valence-corrected chi connectivity index (χ3v) is 3.71. The Labute approximate surface area is 115 Å². The van der Waals surface area contributed by atoms with Gasteiger partial charge in [0, 0.05) is 34.2 Å². The average Bonchev–Trinajstić information content (AvgIpc) is 2.46. The molecule has 1 aromatic rings. The van der Waals surface area contributed by atoms with Crippen LogP contribution in [0.3, 0.4) is 0 Å². The number of anilines is 3. The first-order chi connectivity index (χ1) is 9.13. The minimum absolute atomic E-state index is 0.631. The van der Waals surface area contributed by atoms with Gasteiger partial charge < -0.3 is 15.1 Å². The highest BCUT2D eigenvalue weighted by atomic mass is 15.3. The number of hydrogen-bond donors (Lipinski definition) is 1. The zero-order valence-corrected chi connectivity index (χ0v) is 12.3. The lowest BCUT2D eigenvalue weighted by molar-refractivity contribution is 0.392. The van der Waals surface area contributed by atoms with Crippen LogP contribution >= 0.6 is 0 Å². The monoisotopic (exact) mass is 264 g/mol. The third kappa shape index (κ3) is 3.24. The Balaban J connectivity index is 2.17. The summed E-state index contributed by atoms with van der Waals surface area (Å²) in [5.41, 5.74) is 0. The predicted molar refractivity (Wildman–Crippen MR) is 78.9 cm³/mol. The molecule has 2 heterocycles. The highest BCUT2D eigenvalue weighted by Crippen LogP contribution is 2.24. The van der Waals surface area contributed by atoms with Gasteiger partial charge in [0.2, 0.25) is 17.8 Å². The molecule has 0 radical (unpaired) electrons. The van der Waals surface area contributed by atoms with Crippen LogP contribution < -0.4 is 15.1 Å². The maximum atomic E-state index is 4.55. The van der Waals surface area contributed by atoms with Crippen LogP contribution in [0.4, 0.5) is 17.8 Å². The van der Waals surface area contributed by atoms with Gasteiger partial charge in [0.15, 0.2) is 0 Å². The molecule has 1 aliphatic heterocycles. The lowest BCUT2D eigenvalue weighted by atomic mass is 9.95. The fraction of sp³-hybridized carbons (Fsp3) is 0.769. The van der Waals surface area contributed by atoms with Crippen molar-refractivity contribution in [3.8, 4) is 0 Å². The number of piperidine rings is 1. The van der Waals surface area contributed by atoms with Gasteiger partial charge in [0.05, 0.1) is 0 Å². The lowest BCUT2D eigenvalue weighted by Crippen LogP contribution is -2.35. The summed E-state index contributed by atoms with van der Waals surface area (Å²) in [5, 5.41) is 3.01. The first kappa shape index (κ1) is 13.8. The van der Waals surface area contributed by atoms with Gasteiger partial charge in [-0.2, -0.15) is 15.0 Å². The highest BCUT2D eigenvalue weighted by molar-refractivity contribution is 5.44. The zero-order chi connectivity index (χ0) is 13.8. The molecule has 1 aromatic heterocycles. The van der Waals surface area contributed by atoms with E-state index in [1.165, 1.54) is 19.3 Å². The number of nitrogens with one attached hydrogen (secondary N) is 1. The summed E-state index contributed by atoms with van der Waals surface area (Å²) in [4.78, 5) is 17.5. The minimum atomic E-state index is 0.631. The maximum absolute atomic E-state index is 4.55. The number of hydrogen-bond acceptors (Lipinski definition) is 6. The second kappa shape index (κ2) is 6.04. The van der Waals surface area contributed by atoms with Crippen LogP contribution in [-0.2, 0) is 0 Å². The van der Waals surface area contributed by atoms with Gasteiger partial charge in [-0.3, -0.25) is 0 Å². The topological polar surface area (TPSA) is 57.2 Å². The molecule has 6 heteroatoms. The van der Waals surface area contributed by atoms with Crippen molar-refractivity contribution in [2.75, 3.05) is 49.3 Å². The van der Waals surface area contributed by atoms with Crippen LogP contribution in [0.25, 0.3) is 0 Å². The molecule has 1 fully saturated rings. The Bertz CT molecular complexity index is 412. The normalized spacial score (nSPS) is 16.5. The molecule has 0 spiro atoms. The predicted octanol–water partition coefficient (Wildman–Crippen LogP) is 1.61. The van der Waals surface area contributed by atoms with E-state index in [1.54, 1.807) is 0 Å². The molecule has 106 valence electrons. The third-order valence-electron chi connectivity index (χ3n) is 3.71. The van der Waals surface area contributed by atoms with Crippen molar-refractivity contribution in [1.29, 1.82) is 0 Å².